The number of benzene rings is 2. The van der Waals surface area contributed by atoms with Gasteiger partial charge in [0.25, 0.3) is 0 Å². The first-order chi connectivity index (χ1) is 10.9. The van der Waals surface area contributed by atoms with Crippen LogP contribution in [0.25, 0.3) is 0 Å². The Balaban J connectivity index is 2.03. The van der Waals surface area contributed by atoms with E-state index in [0.29, 0.717) is 25.0 Å². The standard InChI is InChI=1S/C17H17F4NO/c1-2-23-15-5-3-4-12(8-15)10-22-11-13-6-7-14(18)9-16(13)17(19,20)21/h3-9,22H,2,10-11H2,1H3. The van der Waals surface area contributed by atoms with Crippen LogP contribution in [0.4, 0.5) is 17.6 Å². The maximum atomic E-state index is 13.0. The van der Waals surface area contributed by atoms with Crippen LogP contribution in [0.5, 0.6) is 5.75 Å². The summed E-state index contributed by atoms with van der Waals surface area (Å²) in [5.41, 5.74) is -0.0421. The molecule has 2 aromatic carbocycles. The lowest BCUT2D eigenvalue weighted by Gasteiger charge is -2.14. The summed E-state index contributed by atoms with van der Waals surface area (Å²) >= 11 is 0. The molecule has 0 saturated carbocycles. The molecular formula is C17H17F4NO. The molecule has 0 unspecified atom stereocenters. The minimum atomic E-state index is -4.58. The van der Waals surface area contributed by atoms with Crippen LogP contribution in [0, 0.1) is 5.82 Å². The average Bonchev–Trinajstić information content (AvgIpc) is 2.48. The second-order valence-corrected chi connectivity index (χ2v) is 4.98. The number of hydrogen-bond acceptors (Lipinski definition) is 2. The van der Waals surface area contributed by atoms with Gasteiger partial charge in [-0.05, 0) is 42.3 Å². The van der Waals surface area contributed by atoms with E-state index in [1.807, 2.05) is 31.2 Å². The number of hydrogen-bond donors (Lipinski definition) is 1. The van der Waals surface area contributed by atoms with Gasteiger partial charge in [0.15, 0.2) is 0 Å². The second-order valence-electron chi connectivity index (χ2n) is 4.98. The molecule has 2 rings (SSSR count). The third kappa shape index (κ3) is 4.96. The average molecular weight is 327 g/mol. The molecule has 0 amide bonds. The zero-order chi connectivity index (χ0) is 16.9. The Morgan fingerprint density at radius 2 is 1.83 bits per heavy atom. The van der Waals surface area contributed by atoms with Gasteiger partial charge in [0.05, 0.1) is 12.2 Å². The minimum absolute atomic E-state index is 0.00597. The van der Waals surface area contributed by atoms with Gasteiger partial charge in [0.2, 0.25) is 0 Å². The van der Waals surface area contributed by atoms with Gasteiger partial charge in [-0.25, -0.2) is 4.39 Å². The van der Waals surface area contributed by atoms with Crippen molar-refractivity contribution in [3.05, 3.63) is 65.0 Å². The molecule has 2 nitrogen and oxygen atoms in total. The molecule has 0 bridgehead atoms. The highest BCUT2D eigenvalue weighted by atomic mass is 19.4. The molecular weight excluding hydrogens is 310 g/mol. The Hall–Kier alpha value is -2.08. The van der Waals surface area contributed by atoms with Crippen LogP contribution in [0.15, 0.2) is 42.5 Å². The molecule has 0 aliphatic rings. The van der Waals surface area contributed by atoms with Gasteiger partial charge < -0.3 is 10.1 Å². The van der Waals surface area contributed by atoms with Crippen LogP contribution in [0.2, 0.25) is 0 Å². The first-order valence-corrected chi connectivity index (χ1v) is 7.18. The number of nitrogens with one attached hydrogen (secondary N) is 1. The summed E-state index contributed by atoms with van der Waals surface area (Å²) in [4.78, 5) is 0. The van der Waals surface area contributed by atoms with Crippen LogP contribution in [-0.4, -0.2) is 6.61 Å². The zero-order valence-corrected chi connectivity index (χ0v) is 12.6. The van der Waals surface area contributed by atoms with E-state index in [2.05, 4.69) is 5.32 Å². The Morgan fingerprint density at radius 1 is 1.04 bits per heavy atom. The lowest BCUT2D eigenvalue weighted by atomic mass is 10.1. The summed E-state index contributed by atoms with van der Waals surface area (Å²) in [6.07, 6.45) is -4.58. The van der Waals surface area contributed by atoms with Crippen molar-refractivity contribution in [3.8, 4) is 5.75 Å². The van der Waals surface area contributed by atoms with Crippen molar-refractivity contribution in [3.63, 3.8) is 0 Å². The fraction of sp³-hybridized carbons (Fsp3) is 0.294. The van der Waals surface area contributed by atoms with Crippen molar-refractivity contribution in [1.29, 1.82) is 0 Å². The molecule has 6 heteroatoms. The molecule has 0 heterocycles. The van der Waals surface area contributed by atoms with Crippen LogP contribution >= 0.6 is 0 Å². The van der Waals surface area contributed by atoms with Gasteiger partial charge in [-0.2, -0.15) is 13.2 Å². The highest BCUT2D eigenvalue weighted by molar-refractivity contribution is 5.31. The fourth-order valence-corrected chi connectivity index (χ4v) is 2.22. The maximum Gasteiger partial charge on any atom is 0.416 e. The van der Waals surface area contributed by atoms with Crippen molar-refractivity contribution in [2.45, 2.75) is 26.2 Å². The smallest absolute Gasteiger partial charge is 0.416 e. The van der Waals surface area contributed by atoms with E-state index in [9.17, 15) is 17.6 Å². The SMILES string of the molecule is CCOc1cccc(CNCc2ccc(F)cc2C(F)(F)F)c1. The molecule has 0 fully saturated rings. The normalized spacial score (nSPS) is 11.5. The lowest BCUT2D eigenvalue weighted by molar-refractivity contribution is -0.138. The molecule has 2 aromatic rings. The summed E-state index contributed by atoms with van der Waals surface area (Å²) in [6, 6.07) is 10.0. The van der Waals surface area contributed by atoms with Crippen LogP contribution in [0.1, 0.15) is 23.6 Å². The highest BCUT2D eigenvalue weighted by Gasteiger charge is 2.33. The largest absolute Gasteiger partial charge is 0.494 e. The monoisotopic (exact) mass is 327 g/mol. The first-order valence-electron chi connectivity index (χ1n) is 7.18. The molecule has 0 radical (unpaired) electrons. The van der Waals surface area contributed by atoms with E-state index in [1.54, 1.807) is 0 Å². The van der Waals surface area contributed by atoms with Gasteiger partial charge in [0, 0.05) is 13.1 Å². The Bertz CT molecular complexity index is 655. The van der Waals surface area contributed by atoms with E-state index >= 15 is 0 Å². The van der Waals surface area contributed by atoms with Gasteiger partial charge in [0.1, 0.15) is 11.6 Å². The first kappa shape index (κ1) is 17.3. The van der Waals surface area contributed by atoms with E-state index in [1.165, 1.54) is 0 Å². The minimum Gasteiger partial charge on any atom is -0.494 e. The van der Waals surface area contributed by atoms with Crippen molar-refractivity contribution >= 4 is 0 Å². The quantitative estimate of drug-likeness (QED) is 0.787. The summed E-state index contributed by atoms with van der Waals surface area (Å²) in [5.74, 6) is -0.185. The van der Waals surface area contributed by atoms with Crippen LogP contribution in [0.3, 0.4) is 0 Å². The number of halogens is 4. The zero-order valence-electron chi connectivity index (χ0n) is 12.6. The molecule has 0 aliphatic heterocycles. The summed E-state index contributed by atoms with van der Waals surface area (Å²) < 4.78 is 57.1. The van der Waals surface area contributed by atoms with Crippen molar-refractivity contribution in [1.82, 2.24) is 5.32 Å². The molecule has 23 heavy (non-hydrogen) atoms. The molecule has 0 spiro atoms. The third-order valence-corrected chi connectivity index (χ3v) is 3.23. The van der Waals surface area contributed by atoms with E-state index in [4.69, 9.17) is 4.74 Å². The predicted octanol–water partition coefficient (Wildman–Crippen LogP) is 4.53. The Kier molecular flexibility index (Phi) is 5.60. The van der Waals surface area contributed by atoms with Crippen molar-refractivity contribution in [2.75, 3.05) is 6.61 Å². The summed E-state index contributed by atoms with van der Waals surface area (Å²) in [7, 11) is 0. The van der Waals surface area contributed by atoms with Gasteiger partial charge in [-0.1, -0.05) is 18.2 Å². The highest BCUT2D eigenvalue weighted by Crippen LogP contribution is 2.32. The van der Waals surface area contributed by atoms with Gasteiger partial charge in [-0.15, -0.1) is 0 Å². The fourth-order valence-electron chi connectivity index (χ4n) is 2.22. The van der Waals surface area contributed by atoms with Crippen LogP contribution in [-0.2, 0) is 19.3 Å². The molecule has 124 valence electrons. The van der Waals surface area contributed by atoms with Crippen molar-refractivity contribution < 1.29 is 22.3 Å². The van der Waals surface area contributed by atoms with Crippen LogP contribution < -0.4 is 10.1 Å². The maximum absolute atomic E-state index is 13.0. The molecule has 0 atom stereocenters. The Labute approximate surface area is 132 Å². The number of rotatable bonds is 6. The third-order valence-electron chi connectivity index (χ3n) is 3.23. The van der Waals surface area contributed by atoms with Gasteiger partial charge >= 0.3 is 6.18 Å². The molecule has 0 aliphatic carbocycles. The molecule has 0 saturated heterocycles. The molecule has 0 aromatic heterocycles. The summed E-state index contributed by atoms with van der Waals surface area (Å²) in [6.45, 7) is 2.79. The number of alkyl halides is 3. The van der Waals surface area contributed by atoms with E-state index in [0.717, 1.165) is 17.7 Å². The van der Waals surface area contributed by atoms with Gasteiger partial charge in [-0.3, -0.25) is 0 Å². The summed E-state index contributed by atoms with van der Waals surface area (Å²) in [5, 5.41) is 2.94. The predicted molar refractivity (Wildman–Crippen MR) is 79.6 cm³/mol. The van der Waals surface area contributed by atoms with Crippen molar-refractivity contribution in [2.24, 2.45) is 0 Å². The lowest BCUT2D eigenvalue weighted by Crippen LogP contribution is -2.17. The van der Waals surface area contributed by atoms with E-state index in [-0.39, 0.29) is 12.1 Å². The second kappa shape index (κ2) is 7.46. The molecule has 1 N–H and O–H groups in total. The topological polar surface area (TPSA) is 21.3 Å². The number of ether oxygens (including phenoxy) is 1. The van der Waals surface area contributed by atoms with E-state index < -0.39 is 17.6 Å². The Morgan fingerprint density at radius 3 is 2.52 bits per heavy atom.